The van der Waals surface area contributed by atoms with E-state index in [1.165, 1.54) is 0 Å². The smallest absolute Gasteiger partial charge is 0.0824 e. The molecule has 0 saturated heterocycles. The molecule has 0 bridgehead atoms. The first-order valence-corrected chi connectivity index (χ1v) is 7.33. The predicted molar refractivity (Wildman–Crippen MR) is 80.5 cm³/mol. The SMILES string of the molecule is COC1CC(n2cc(C)nn2)C(OC)CC1N/C=C(/C)N=N. The zero-order chi connectivity index (χ0) is 16.1. The maximum Gasteiger partial charge on any atom is 0.0824 e. The van der Waals surface area contributed by atoms with Crippen LogP contribution in [0, 0.1) is 12.5 Å². The van der Waals surface area contributed by atoms with Gasteiger partial charge in [-0.1, -0.05) is 5.21 Å². The Morgan fingerprint density at radius 2 is 2.14 bits per heavy atom. The lowest BCUT2D eigenvalue weighted by molar-refractivity contribution is -0.0487. The summed E-state index contributed by atoms with van der Waals surface area (Å²) in [6.07, 6.45) is 5.28. The van der Waals surface area contributed by atoms with Crippen molar-refractivity contribution in [1.82, 2.24) is 20.3 Å². The minimum atomic E-state index is 0.0200. The second kappa shape index (κ2) is 7.46. The molecule has 122 valence electrons. The van der Waals surface area contributed by atoms with Gasteiger partial charge in [-0.2, -0.15) is 5.11 Å². The van der Waals surface area contributed by atoms with Crippen molar-refractivity contribution in [3.8, 4) is 0 Å². The van der Waals surface area contributed by atoms with Crippen LogP contribution in [0.4, 0.5) is 0 Å². The van der Waals surface area contributed by atoms with Crippen LogP contribution in [0.1, 0.15) is 31.5 Å². The molecule has 0 aromatic carbocycles. The van der Waals surface area contributed by atoms with Crippen LogP contribution < -0.4 is 5.32 Å². The van der Waals surface area contributed by atoms with Gasteiger partial charge in [-0.05, 0) is 20.3 Å². The molecule has 2 N–H and O–H groups in total. The molecular weight excluding hydrogens is 284 g/mol. The van der Waals surface area contributed by atoms with Gasteiger partial charge in [0.1, 0.15) is 0 Å². The number of allylic oxidation sites excluding steroid dienone is 1. The highest BCUT2D eigenvalue weighted by molar-refractivity contribution is 5.00. The Labute approximate surface area is 130 Å². The number of nitrogens with one attached hydrogen (secondary N) is 2. The van der Waals surface area contributed by atoms with Crippen molar-refractivity contribution in [1.29, 1.82) is 5.53 Å². The zero-order valence-electron chi connectivity index (χ0n) is 13.5. The average molecular weight is 308 g/mol. The summed E-state index contributed by atoms with van der Waals surface area (Å²) in [5, 5.41) is 14.9. The largest absolute Gasteiger partial charge is 0.384 e. The summed E-state index contributed by atoms with van der Waals surface area (Å²) < 4.78 is 13.2. The van der Waals surface area contributed by atoms with Crippen LogP contribution in [0.15, 0.2) is 23.2 Å². The fourth-order valence-corrected chi connectivity index (χ4v) is 2.87. The molecule has 1 saturated carbocycles. The van der Waals surface area contributed by atoms with Gasteiger partial charge in [0.15, 0.2) is 0 Å². The number of hydrogen-bond donors (Lipinski definition) is 2. The molecule has 1 aromatic heterocycles. The third kappa shape index (κ3) is 3.69. The molecule has 22 heavy (non-hydrogen) atoms. The van der Waals surface area contributed by atoms with E-state index in [1.54, 1.807) is 27.3 Å². The Morgan fingerprint density at radius 3 is 2.68 bits per heavy atom. The van der Waals surface area contributed by atoms with Gasteiger partial charge < -0.3 is 14.8 Å². The maximum absolute atomic E-state index is 6.99. The number of ether oxygens (including phenoxy) is 2. The molecule has 0 radical (unpaired) electrons. The van der Waals surface area contributed by atoms with Gasteiger partial charge in [0, 0.05) is 33.0 Å². The van der Waals surface area contributed by atoms with Crippen molar-refractivity contribution >= 4 is 0 Å². The van der Waals surface area contributed by atoms with E-state index in [0.717, 1.165) is 18.5 Å². The molecule has 1 aliphatic carbocycles. The number of aryl methyl sites for hydroxylation is 1. The quantitative estimate of drug-likeness (QED) is 0.781. The van der Waals surface area contributed by atoms with E-state index in [4.69, 9.17) is 15.0 Å². The van der Waals surface area contributed by atoms with Gasteiger partial charge in [0.05, 0.1) is 35.7 Å². The van der Waals surface area contributed by atoms with Gasteiger partial charge in [-0.3, -0.25) is 0 Å². The third-order valence-corrected chi connectivity index (χ3v) is 4.09. The number of rotatable bonds is 6. The first-order valence-electron chi connectivity index (χ1n) is 7.33. The van der Waals surface area contributed by atoms with Crippen LogP contribution in [-0.4, -0.2) is 47.5 Å². The molecule has 1 aromatic rings. The zero-order valence-corrected chi connectivity index (χ0v) is 13.5. The van der Waals surface area contributed by atoms with Crippen LogP contribution in [-0.2, 0) is 9.47 Å². The fraction of sp³-hybridized carbons (Fsp3) is 0.714. The van der Waals surface area contributed by atoms with Crippen LogP contribution in [0.2, 0.25) is 0 Å². The van der Waals surface area contributed by atoms with Crippen molar-refractivity contribution in [3.63, 3.8) is 0 Å². The van der Waals surface area contributed by atoms with Crippen LogP contribution in [0.5, 0.6) is 0 Å². The number of hydrogen-bond acceptors (Lipinski definition) is 7. The van der Waals surface area contributed by atoms with Gasteiger partial charge in [0.2, 0.25) is 0 Å². The van der Waals surface area contributed by atoms with E-state index in [0.29, 0.717) is 5.70 Å². The van der Waals surface area contributed by atoms with E-state index >= 15 is 0 Å². The molecule has 2 rings (SSSR count). The van der Waals surface area contributed by atoms with Gasteiger partial charge in [-0.15, -0.1) is 5.10 Å². The Hall–Kier alpha value is -1.80. The van der Waals surface area contributed by atoms with Crippen LogP contribution >= 0.6 is 0 Å². The van der Waals surface area contributed by atoms with Crippen molar-refractivity contribution in [2.75, 3.05) is 14.2 Å². The predicted octanol–water partition coefficient (Wildman–Crippen LogP) is 1.80. The van der Waals surface area contributed by atoms with Crippen molar-refractivity contribution in [2.45, 2.75) is 51.0 Å². The van der Waals surface area contributed by atoms with Gasteiger partial charge in [-0.25, -0.2) is 10.2 Å². The molecule has 0 aliphatic heterocycles. The van der Waals surface area contributed by atoms with Gasteiger partial charge >= 0.3 is 0 Å². The van der Waals surface area contributed by atoms with E-state index in [9.17, 15) is 0 Å². The van der Waals surface area contributed by atoms with Gasteiger partial charge in [0.25, 0.3) is 0 Å². The summed E-state index contributed by atoms with van der Waals surface area (Å²) in [5.41, 5.74) is 8.50. The monoisotopic (exact) mass is 308 g/mol. The lowest BCUT2D eigenvalue weighted by Crippen LogP contribution is -2.49. The lowest BCUT2D eigenvalue weighted by atomic mass is 9.86. The lowest BCUT2D eigenvalue weighted by Gasteiger charge is -2.40. The number of nitrogens with zero attached hydrogens (tertiary/aromatic N) is 4. The molecule has 1 aliphatic rings. The highest BCUT2D eigenvalue weighted by atomic mass is 16.5. The highest BCUT2D eigenvalue weighted by Crippen LogP contribution is 2.32. The molecule has 4 unspecified atom stereocenters. The molecule has 8 heteroatoms. The molecular formula is C14H24N6O2. The molecule has 0 amide bonds. The van der Waals surface area contributed by atoms with E-state index in [2.05, 4.69) is 20.7 Å². The Balaban J connectivity index is 2.13. The molecule has 8 nitrogen and oxygen atoms in total. The van der Waals surface area contributed by atoms with Crippen molar-refractivity contribution in [3.05, 3.63) is 23.8 Å². The van der Waals surface area contributed by atoms with Crippen LogP contribution in [0.25, 0.3) is 0 Å². The minimum absolute atomic E-state index is 0.0200. The topological polar surface area (TPSA) is 97.4 Å². The minimum Gasteiger partial charge on any atom is -0.384 e. The summed E-state index contributed by atoms with van der Waals surface area (Å²) in [6.45, 7) is 3.70. The van der Waals surface area contributed by atoms with E-state index in [-0.39, 0.29) is 24.3 Å². The van der Waals surface area contributed by atoms with E-state index < -0.39 is 0 Å². The second-order valence-corrected chi connectivity index (χ2v) is 5.60. The molecule has 1 heterocycles. The Morgan fingerprint density at radius 1 is 1.41 bits per heavy atom. The standard InChI is InChI=1S/C14H24N6O2/c1-9(17-15)7-16-11-5-14(22-4)12(6-13(11)21-3)20-8-10(2)18-19-20/h7-8,11-16H,5-6H2,1-4H3/b9-7-,17-15?. The first-order chi connectivity index (χ1) is 10.6. The summed E-state index contributed by atoms with van der Waals surface area (Å²) in [7, 11) is 3.42. The Kier molecular flexibility index (Phi) is 5.62. The maximum atomic E-state index is 6.99. The molecule has 1 fully saturated rings. The normalized spacial score (nSPS) is 29.4. The highest BCUT2D eigenvalue weighted by Gasteiger charge is 2.38. The summed E-state index contributed by atoms with van der Waals surface area (Å²) in [6, 6.07) is 0.202. The van der Waals surface area contributed by atoms with Crippen LogP contribution in [0.3, 0.4) is 0 Å². The summed E-state index contributed by atoms with van der Waals surface area (Å²) in [5.74, 6) is 0. The summed E-state index contributed by atoms with van der Waals surface area (Å²) >= 11 is 0. The molecule has 0 spiro atoms. The summed E-state index contributed by atoms with van der Waals surface area (Å²) in [4.78, 5) is 0. The fourth-order valence-electron chi connectivity index (χ4n) is 2.87. The third-order valence-electron chi connectivity index (χ3n) is 4.09. The van der Waals surface area contributed by atoms with Crippen molar-refractivity contribution < 1.29 is 9.47 Å². The van der Waals surface area contributed by atoms with E-state index in [1.807, 2.05) is 17.8 Å². The Bertz CT molecular complexity index is 529. The second-order valence-electron chi connectivity index (χ2n) is 5.60. The number of aromatic nitrogens is 3. The van der Waals surface area contributed by atoms with Crippen molar-refractivity contribution in [2.24, 2.45) is 5.11 Å². The number of methoxy groups -OCH3 is 2. The molecule has 4 atom stereocenters. The first kappa shape index (κ1) is 16.6. The average Bonchev–Trinajstić information content (AvgIpc) is 2.97.